The van der Waals surface area contributed by atoms with Crippen LogP contribution in [0.5, 0.6) is 6.01 Å². The molecule has 0 saturated carbocycles. The summed E-state index contributed by atoms with van der Waals surface area (Å²) in [6.45, 7) is 13.0. The first kappa shape index (κ1) is 77.6. The van der Waals surface area contributed by atoms with Crippen molar-refractivity contribution < 1.29 is 27.9 Å². The minimum atomic E-state index is -3.49. The molecule has 0 fully saturated rings. The quantitative estimate of drug-likeness (QED) is 0.0192. The summed E-state index contributed by atoms with van der Waals surface area (Å²) < 4.78 is 29.5. The van der Waals surface area contributed by atoms with Gasteiger partial charge >= 0.3 is 23.1 Å². The van der Waals surface area contributed by atoms with Gasteiger partial charge in [-0.25, -0.2) is 28.4 Å². The number of nitrogens with zero attached hydrogens (tertiary/aromatic N) is 13. The molecule has 11 aromatic rings. The zero-order valence-corrected chi connectivity index (χ0v) is 59.7. The zero-order chi connectivity index (χ0) is 74.3. The van der Waals surface area contributed by atoms with Crippen molar-refractivity contribution in [3.05, 3.63) is 325 Å². The average molecular weight is 1440 g/mol. The molecule has 29 heteroatoms. The molecule has 3 heterocycles. The molecule has 526 valence electrons. The lowest BCUT2D eigenvalue weighted by atomic mass is 10.1. The van der Waals surface area contributed by atoms with E-state index in [0.717, 1.165) is 56.5 Å². The fourth-order valence-corrected chi connectivity index (χ4v) is 10.2. The van der Waals surface area contributed by atoms with Gasteiger partial charge in [-0.05, 0) is 115 Å². The van der Waals surface area contributed by atoms with Gasteiger partial charge in [-0.1, -0.05) is 205 Å². The highest BCUT2D eigenvalue weighted by molar-refractivity contribution is 7.91. The summed E-state index contributed by atoms with van der Waals surface area (Å²) in [4.78, 5) is 65.2. The predicted octanol–water partition coefficient (Wildman–Crippen LogP) is 15.4. The SMILES string of the molecule is CC(=S)NC(=NCS(=O)(=O)c1ccc(C)cc1)c1ccccc1.CC(=S)NC(=NCc1ccccc1)c1ccc(C)cc1.COc1ncc([N+](=O)[O-])c(C)n1.Cc1ncc([N+](=O)[O-])c(NN(c2ccccc2)c2ccccc2)n1.Cc1ncnc(NN(c2ccccc2)c2ccccc2)c1[N+](=O)[O-]. The van der Waals surface area contributed by atoms with Crippen molar-refractivity contribution in [1.29, 1.82) is 0 Å². The number of hydrogen-bond donors (Lipinski definition) is 4. The summed E-state index contributed by atoms with van der Waals surface area (Å²) in [5.41, 5.74) is 14.8. The molecule has 0 amide bonds. The molecule has 8 aromatic carbocycles. The maximum Gasteiger partial charge on any atom is 0.334 e. The second-order valence-electron chi connectivity index (χ2n) is 22.0. The molecule has 11 rings (SSSR count). The topological polar surface area (TPSA) is 329 Å². The van der Waals surface area contributed by atoms with Gasteiger partial charge in [-0.3, -0.25) is 61.2 Å². The Bertz CT molecular complexity index is 4630. The van der Waals surface area contributed by atoms with E-state index in [1.54, 1.807) is 55.1 Å². The number of methoxy groups -OCH3 is 1. The number of hydrazine groups is 2. The maximum absolute atomic E-state index is 12.4. The Labute approximate surface area is 606 Å². The van der Waals surface area contributed by atoms with E-state index in [-0.39, 0.29) is 45.5 Å². The fraction of sp³-hybridized carbons (Fsp3) is 0.135. The van der Waals surface area contributed by atoms with Gasteiger partial charge in [-0.15, -0.1) is 0 Å². The lowest BCUT2D eigenvalue weighted by molar-refractivity contribution is -0.386. The van der Waals surface area contributed by atoms with Crippen molar-refractivity contribution in [2.45, 2.75) is 59.9 Å². The molecule has 0 aliphatic heterocycles. The first-order valence-electron chi connectivity index (χ1n) is 31.4. The number of benzene rings is 8. The van der Waals surface area contributed by atoms with Gasteiger partial charge < -0.3 is 15.4 Å². The fourth-order valence-electron chi connectivity index (χ4n) is 9.01. The monoisotopic (exact) mass is 1440 g/mol. The highest BCUT2D eigenvalue weighted by Crippen LogP contribution is 2.32. The van der Waals surface area contributed by atoms with Crippen molar-refractivity contribution in [2.75, 3.05) is 33.9 Å². The van der Waals surface area contributed by atoms with Gasteiger partial charge in [0.05, 0.1) is 66.0 Å². The molecule has 4 N–H and O–H groups in total. The van der Waals surface area contributed by atoms with Gasteiger partial charge in [0.2, 0.25) is 11.6 Å². The van der Waals surface area contributed by atoms with Crippen LogP contribution in [0, 0.1) is 65.0 Å². The van der Waals surface area contributed by atoms with E-state index in [9.17, 15) is 38.8 Å². The third-order valence-electron chi connectivity index (χ3n) is 14.1. The molecule has 0 unspecified atom stereocenters. The highest BCUT2D eigenvalue weighted by Gasteiger charge is 2.24. The Balaban J connectivity index is 0.000000183. The first-order valence-corrected chi connectivity index (χ1v) is 33.9. The summed E-state index contributed by atoms with van der Waals surface area (Å²) in [6, 6.07) is 72.7. The molecule has 0 saturated heterocycles. The third kappa shape index (κ3) is 24.6. The van der Waals surface area contributed by atoms with Crippen molar-refractivity contribution in [3.8, 4) is 6.01 Å². The summed E-state index contributed by atoms with van der Waals surface area (Å²) in [6.07, 6.45) is 3.64. The number of aryl methyl sites for hydroxylation is 5. The van der Waals surface area contributed by atoms with Gasteiger partial charge in [0.25, 0.3) is 0 Å². The van der Waals surface area contributed by atoms with Crippen LogP contribution in [0.3, 0.4) is 0 Å². The Kier molecular flexibility index (Phi) is 29.5. The summed E-state index contributed by atoms with van der Waals surface area (Å²) >= 11 is 10.2. The van der Waals surface area contributed by atoms with Crippen molar-refractivity contribution in [1.82, 2.24) is 40.5 Å². The number of thiocarbonyl (C=S) groups is 2. The van der Waals surface area contributed by atoms with Crippen LogP contribution in [0.15, 0.2) is 264 Å². The first-order chi connectivity index (χ1) is 49.5. The summed E-state index contributed by atoms with van der Waals surface area (Å²) in [5.74, 6) is 1.66. The normalized spacial score (nSPS) is 10.7. The van der Waals surface area contributed by atoms with Gasteiger partial charge in [-0.2, -0.15) is 9.97 Å². The molecule has 103 heavy (non-hydrogen) atoms. The number of amidine groups is 2. The van der Waals surface area contributed by atoms with Crippen molar-refractivity contribution in [2.24, 2.45) is 9.98 Å². The molecular formula is C74H73N17O9S3. The van der Waals surface area contributed by atoms with E-state index < -0.39 is 24.6 Å². The zero-order valence-electron chi connectivity index (χ0n) is 57.3. The van der Waals surface area contributed by atoms with Gasteiger partial charge in [0.15, 0.2) is 9.84 Å². The number of nitrogens with one attached hydrogen (secondary N) is 4. The summed E-state index contributed by atoms with van der Waals surface area (Å²) in [7, 11) is -2.08. The Morgan fingerprint density at radius 3 is 1.34 bits per heavy atom. The predicted molar refractivity (Wildman–Crippen MR) is 411 cm³/mol. The minimum Gasteiger partial charge on any atom is -0.467 e. The van der Waals surface area contributed by atoms with E-state index in [1.807, 2.05) is 184 Å². The Morgan fingerprint density at radius 1 is 0.485 bits per heavy atom. The number of para-hydroxylation sites is 4. The number of hydrogen-bond acceptors (Lipinski definition) is 23. The van der Waals surface area contributed by atoms with Crippen molar-refractivity contribution in [3.63, 3.8) is 0 Å². The molecule has 0 atom stereocenters. The second-order valence-corrected chi connectivity index (χ2v) is 25.1. The van der Waals surface area contributed by atoms with Crippen LogP contribution in [0.1, 0.15) is 58.9 Å². The number of sulfone groups is 1. The highest BCUT2D eigenvalue weighted by atomic mass is 32.2. The molecule has 0 radical (unpaired) electrons. The Hall–Kier alpha value is -12.7. The second kappa shape index (κ2) is 39.2. The van der Waals surface area contributed by atoms with Crippen LogP contribution in [0.4, 0.5) is 51.4 Å². The average Bonchev–Trinajstić information content (AvgIpc) is 0.832. The van der Waals surface area contributed by atoms with Crippen LogP contribution in [0.25, 0.3) is 0 Å². The lowest BCUT2D eigenvalue weighted by Crippen LogP contribution is -2.28. The van der Waals surface area contributed by atoms with E-state index in [1.165, 1.54) is 37.7 Å². The third-order valence-corrected chi connectivity index (χ3v) is 15.7. The molecular weight excluding hydrogens is 1370 g/mol. The van der Waals surface area contributed by atoms with Crippen molar-refractivity contribution >= 4 is 107 Å². The number of anilines is 6. The lowest BCUT2D eigenvalue weighted by Gasteiger charge is -2.25. The largest absolute Gasteiger partial charge is 0.467 e. The van der Waals surface area contributed by atoms with Gasteiger partial charge in [0.1, 0.15) is 53.5 Å². The molecule has 0 bridgehead atoms. The van der Waals surface area contributed by atoms with Crippen LogP contribution < -0.4 is 36.2 Å². The number of ether oxygens (including phenoxy) is 1. The molecule has 0 aliphatic rings. The molecule has 3 aromatic heterocycles. The molecule has 0 spiro atoms. The van der Waals surface area contributed by atoms with Crippen LogP contribution in [-0.4, -0.2) is 87.7 Å². The molecule has 26 nitrogen and oxygen atoms in total. The number of nitro groups is 3. The van der Waals surface area contributed by atoms with Crippen LogP contribution in [0.2, 0.25) is 0 Å². The standard InChI is InChI=1S/2C17H15N5O2.C17H18N2O2S2.C17H18N2S.C6H7N3O3/c1-13-16(22(23)24)17(19-12-18-13)20-21(14-8-4-2-5-9-14)15-10-6-3-7-11-15;1-13-18-12-16(22(23)24)17(19-13)20-21(14-8-4-2-5-9-14)15-10-6-3-7-11-15;1-13-8-10-16(11-9-13)23(20,21)12-18-17(19-14(2)22)15-6-4-3-5-7-15;1-13-8-10-16(11-9-13)17(19-14(2)20)18-12-15-6-4-3-5-7-15;1-4-5(9(10)11)3-7-6(8-4)12-2/h2*2-12H,1H3,(H,18,19,20);3-11H,12H2,1-2H3,(H,18,19,22);3-11H,12H2,1-2H3,(H,18,19,20);3H,1-2H3. The smallest absolute Gasteiger partial charge is 0.334 e. The van der Waals surface area contributed by atoms with E-state index in [4.69, 9.17) is 24.4 Å². The number of aromatic nitrogens is 6. The van der Waals surface area contributed by atoms with E-state index in [0.29, 0.717) is 34.6 Å². The van der Waals surface area contributed by atoms with Crippen LogP contribution in [-0.2, 0) is 16.4 Å². The number of rotatable bonds is 19. The molecule has 0 aliphatic carbocycles. The van der Waals surface area contributed by atoms with Crippen LogP contribution >= 0.6 is 24.4 Å². The maximum atomic E-state index is 12.4. The number of aliphatic imine (C=N–C) groups is 2. The minimum absolute atomic E-state index is 0.101. The van der Waals surface area contributed by atoms with Gasteiger partial charge in [0, 0.05) is 11.1 Å². The summed E-state index contributed by atoms with van der Waals surface area (Å²) in [5, 5.41) is 42.5. The van der Waals surface area contributed by atoms with E-state index >= 15 is 0 Å². The van der Waals surface area contributed by atoms with E-state index in [2.05, 4.69) is 109 Å². The Morgan fingerprint density at radius 2 is 0.903 bits per heavy atom.